The van der Waals surface area contributed by atoms with Gasteiger partial charge in [-0.15, -0.1) is 0 Å². The van der Waals surface area contributed by atoms with Crippen molar-refractivity contribution < 1.29 is 19.2 Å². The first-order chi connectivity index (χ1) is 18.2. The summed E-state index contributed by atoms with van der Waals surface area (Å²) in [6.45, 7) is 3.71. The first-order valence-corrected chi connectivity index (χ1v) is 13.6. The Morgan fingerprint density at radius 3 is 1.71 bits per heavy atom. The quantitative estimate of drug-likeness (QED) is 0.471. The van der Waals surface area contributed by atoms with Crippen LogP contribution in [0, 0.1) is 0 Å². The van der Waals surface area contributed by atoms with Crippen molar-refractivity contribution in [3.05, 3.63) is 40.5 Å². The molecule has 3 heterocycles. The SMILES string of the molecule is CN(C)CCCN1C(=O)c2ccc3c4c(c(N5CCCCC5)cc(c24)C1=O)C(=O)N(CCCN(C)C)C3=O. The number of anilines is 1. The lowest BCUT2D eigenvalue weighted by molar-refractivity contribution is 0.0584. The number of hydrogen-bond acceptors (Lipinski definition) is 7. The summed E-state index contributed by atoms with van der Waals surface area (Å²) < 4.78 is 0. The predicted octanol–water partition coefficient (Wildman–Crippen LogP) is 2.93. The Hall–Kier alpha value is -3.30. The maximum Gasteiger partial charge on any atom is 0.263 e. The van der Waals surface area contributed by atoms with Crippen LogP contribution in [0.5, 0.6) is 0 Å². The van der Waals surface area contributed by atoms with Gasteiger partial charge < -0.3 is 14.7 Å². The molecule has 38 heavy (non-hydrogen) atoms. The van der Waals surface area contributed by atoms with Crippen LogP contribution >= 0.6 is 0 Å². The Morgan fingerprint density at radius 1 is 0.658 bits per heavy atom. The monoisotopic (exact) mass is 519 g/mol. The largest absolute Gasteiger partial charge is 0.371 e. The number of hydrogen-bond donors (Lipinski definition) is 0. The molecule has 0 saturated carbocycles. The molecule has 0 bridgehead atoms. The molecule has 0 N–H and O–H groups in total. The van der Waals surface area contributed by atoms with E-state index in [1.165, 1.54) is 9.80 Å². The normalized spacial score (nSPS) is 17.6. The third-order valence-corrected chi connectivity index (χ3v) is 7.82. The maximum absolute atomic E-state index is 14.0. The molecule has 2 aromatic rings. The van der Waals surface area contributed by atoms with Crippen molar-refractivity contribution in [2.24, 2.45) is 0 Å². The highest BCUT2D eigenvalue weighted by Gasteiger charge is 2.41. The Balaban J connectivity index is 1.66. The van der Waals surface area contributed by atoms with Crippen molar-refractivity contribution >= 4 is 40.1 Å². The van der Waals surface area contributed by atoms with Gasteiger partial charge in [-0.05, 0) is 91.6 Å². The number of amides is 4. The summed E-state index contributed by atoms with van der Waals surface area (Å²) in [5, 5.41) is 0.917. The average molecular weight is 520 g/mol. The molecule has 0 unspecified atom stereocenters. The molecule has 9 heteroatoms. The number of carbonyl (C=O) groups is 4. The van der Waals surface area contributed by atoms with Crippen molar-refractivity contribution in [3.8, 4) is 0 Å². The number of piperidine rings is 1. The number of benzene rings is 2. The van der Waals surface area contributed by atoms with Crippen molar-refractivity contribution in [3.63, 3.8) is 0 Å². The smallest absolute Gasteiger partial charge is 0.263 e. The summed E-state index contributed by atoms with van der Waals surface area (Å²) in [4.78, 5) is 63.8. The van der Waals surface area contributed by atoms with E-state index in [0.717, 1.165) is 45.4 Å². The Kier molecular flexibility index (Phi) is 7.24. The third kappa shape index (κ3) is 4.47. The van der Waals surface area contributed by atoms with E-state index in [0.29, 0.717) is 64.6 Å². The Morgan fingerprint density at radius 2 is 1.16 bits per heavy atom. The first kappa shape index (κ1) is 26.3. The van der Waals surface area contributed by atoms with E-state index in [2.05, 4.69) is 4.90 Å². The fourth-order valence-corrected chi connectivity index (χ4v) is 5.93. The number of carbonyl (C=O) groups excluding carboxylic acids is 4. The number of rotatable bonds is 9. The summed E-state index contributed by atoms with van der Waals surface area (Å²) in [6, 6.07) is 5.14. The summed E-state index contributed by atoms with van der Waals surface area (Å²) in [5.74, 6) is -1.41. The van der Waals surface area contributed by atoms with Crippen LogP contribution in [0.1, 0.15) is 73.5 Å². The van der Waals surface area contributed by atoms with E-state index in [9.17, 15) is 19.2 Å². The highest BCUT2D eigenvalue weighted by molar-refractivity contribution is 6.34. The van der Waals surface area contributed by atoms with Gasteiger partial charge in [0.05, 0.1) is 16.8 Å². The van der Waals surface area contributed by atoms with Crippen LogP contribution in [0.25, 0.3) is 10.8 Å². The molecule has 3 aliphatic heterocycles. The first-order valence-electron chi connectivity index (χ1n) is 13.6. The molecule has 2 aromatic carbocycles. The van der Waals surface area contributed by atoms with Crippen LogP contribution in [0.4, 0.5) is 5.69 Å². The molecule has 4 amide bonds. The average Bonchev–Trinajstić information content (AvgIpc) is 2.89. The van der Waals surface area contributed by atoms with Gasteiger partial charge in [0.25, 0.3) is 23.6 Å². The van der Waals surface area contributed by atoms with E-state index < -0.39 is 0 Å². The van der Waals surface area contributed by atoms with E-state index in [1.807, 2.05) is 44.1 Å². The second kappa shape index (κ2) is 10.5. The number of nitrogens with zero attached hydrogens (tertiary/aromatic N) is 5. The predicted molar refractivity (Wildman–Crippen MR) is 147 cm³/mol. The molecule has 0 spiro atoms. The van der Waals surface area contributed by atoms with Gasteiger partial charge >= 0.3 is 0 Å². The fraction of sp³-hybridized carbons (Fsp3) is 0.517. The maximum atomic E-state index is 14.0. The minimum atomic E-state index is -0.363. The third-order valence-electron chi connectivity index (χ3n) is 7.82. The van der Waals surface area contributed by atoms with E-state index in [4.69, 9.17) is 0 Å². The van der Waals surface area contributed by atoms with Gasteiger partial charge in [-0.25, -0.2) is 0 Å². The fourth-order valence-electron chi connectivity index (χ4n) is 5.93. The van der Waals surface area contributed by atoms with Gasteiger partial charge in [-0.3, -0.25) is 29.0 Å². The molecule has 0 radical (unpaired) electrons. The highest BCUT2D eigenvalue weighted by atomic mass is 16.2. The zero-order valence-electron chi connectivity index (χ0n) is 22.9. The van der Waals surface area contributed by atoms with Gasteiger partial charge in [0, 0.05) is 48.1 Å². The summed E-state index contributed by atoms with van der Waals surface area (Å²) in [6.07, 6.45) is 4.46. The zero-order chi connectivity index (χ0) is 27.1. The minimum absolute atomic E-state index is 0.316. The minimum Gasteiger partial charge on any atom is -0.371 e. The molecule has 1 saturated heterocycles. The van der Waals surface area contributed by atoms with Gasteiger partial charge in [-0.1, -0.05) is 0 Å². The van der Waals surface area contributed by atoms with Crippen LogP contribution in [-0.2, 0) is 0 Å². The topological polar surface area (TPSA) is 84.5 Å². The van der Waals surface area contributed by atoms with Crippen LogP contribution in [0.15, 0.2) is 18.2 Å². The van der Waals surface area contributed by atoms with Gasteiger partial charge in [0.15, 0.2) is 0 Å². The molecule has 0 atom stereocenters. The lowest BCUT2D eigenvalue weighted by Gasteiger charge is -2.37. The van der Waals surface area contributed by atoms with Crippen LogP contribution in [0.2, 0.25) is 0 Å². The van der Waals surface area contributed by atoms with E-state index in [1.54, 1.807) is 12.1 Å². The molecule has 0 aromatic heterocycles. The van der Waals surface area contributed by atoms with Crippen molar-refractivity contribution in [2.75, 3.05) is 72.4 Å². The van der Waals surface area contributed by atoms with Crippen LogP contribution in [-0.4, -0.2) is 111 Å². The lowest BCUT2D eigenvalue weighted by Crippen LogP contribution is -2.45. The second-order valence-electron chi connectivity index (χ2n) is 11.1. The molecule has 1 fully saturated rings. The van der Waals surface area contributed by atoms with Crippen LogP contribution < -0.4 is 4.90 Å². The lowest BCUT2D eigenvalue weighted by atomic mass is 9.84. The molecule has 9 nitrogen and oxygen atoms in total. The van der Waals surface area contributed by atoms with E-state index in [-0.39, 0.29) is 23.6 Å². The Labute approximate surface area is 223 Å². The molecule has 0 aliphatic carbocycles. The van der Waals surface area contributed by atoms with E-state index >= 15 is 0 Å². The summed E-state index contributed by atoms with van der Waals surface area (Å²) in [7, 11) is 7.84. The Bertz CT molecular complexity index is 1310. The molecule has 3 aliphatic rings. The van der Waals surface area contributed by atoms with Crippen molar-refractivity contribution in [2.45, 2.75) is 32.1 Å². The van der Waals surface area contributed by atoms with Crippen molar-refractivity contribution in [1.29, 1.82) is 0 Å². The number of imide groups is 2. The molecular weight excluding hydrogens is 482 g/mol. The van der Waals surface area contributed by atoms with Crippen molar-refractivity contribution in [1.82, 2.24) is 19.6 Å². The van der Waals surface area contributed by atoms with Crippen LogP contribution in [0.3, 0.4) is 0 Å². The second-order valence-corrected chi connectivity index (χ2v) is 11.1. The summed E-state index contributed by atoms with van der Waals surface area (Å²) >= 11 is 0. The molecule has 5 rings (SSSR count). The summed E-state index contributed by atoms with van der Waals surface area (Å²) in [5.41, 5.74) is 2.35. The standard InChI is InChI=1S/C29H37N5O4/c1-30(2)12-8-16-33-26(35)19-10-11-20-24-23(19)21(28(33)37)18-22(32-14-6-5-7-15-32)25(24)29(38)34(27(20)36)17-9-13-31(3)4/h10-11,18H,5-9,12-17H2,1-4H3. The molecular formula is C29H37N5O4. The van der Waals surface area contributed by atoms with Gasteiger partial charge in [0.1, 0.15) is 0 Å². The van der Waals surface area contributed by atoms with Gasteiger partial charge in [0.2, 0.25) is 0 Å². The molecule has 202 valence electrons. The zero-order valence-corrected chi connectivity index (χ0v) is 22.9. The highest BCUT2D eigenvalue weighted by Crippen LogP contribution is 2.43. The van der Waals surface area contributed by atoms with Gasteiger partial charge in [-0.2, -0.15) is 0 Å².